The molecular formula is C83H162O17P2. The van der Waals surface area contributed by atoms with Crippen molar-refractivity contribution < 1.29 is 80.2 Å². The lowest BCUT2D eigenvalue weighted by Crippen LogP contribution is -2.30. The summed E-state index contributed by atoms with van der Waals surface area (Å²) in [4.78, 5) is 73.0. The van der Waals surface area contributed by atoms with Gasteiger partial charge in [0.05, 0.1) is 26.4 Å². The van der Waals surface area contributed by atoms with Crippen molar-refractivity contribution in [1.29, 1.82) is 0 Å². The van der Waals surface area contributed by atoms with Gasteiger partial charge in [-0.25, -0.2) is 9.13 Å². The van der Waals surface area contributed by atoms with Crippen LogP contribution < -0.4 is 0 Å². The molecule has 2 unspecified atom stereocenters. The lowest BCUT2D eigenvalue weighted by molar-refractivity contribution is -0.161. The van der Waals surface area contributed by atoms with Crippen LogP contribution in [0.15, 0.2) is 0 Å². The Balaban J connectivity index is 5.19. The zero-order valence-corrected chi connectivity index (χ0v) is 68.5. The van der Waals surface area contributed by atoms with E-state index in [1.165, 1.54) is 270 Å². The van der Waals surface area contributed by atoms with E-state index in [-0.39, 0.29) is 25.7 Å². The highest BCUT2D eigenvalue weighted by atomic mass is 31.2. The van der Waals surface area contributed by atoms with Crippen LogP contribution in [0.5, 0.6) is 0 Å². The molecule has 0 aliphatic heterocycles. The second-order valence-corrected chi connectivity index (χ2v) is 33.3. The van der Waals surface area contributed by atoms with Gasteiger partial charge in [0.2, 0.25) is 0 Å². The van der Waals surface area contributed by atoms with Gasteiger partial charge in [-0.3, -0.25) is 37.3 Å². The van der Waals surface area contributed by atoms with E-state index in [2.05, 4.69) is 34.6 Å². The summed E-state index contributed by atoms with van der Waals surface area (Å²) in [5.74, 6) is -1.30. The van der Waals surface area contributed by atoms with Gasteiger partial charge in [0.15, 0.2) is 12.2 Å². The van der Waals surface area contributed by atoms with E-state index in [0.29, 0.717) is 25.7 Å². The lowest BCUT2D eigenvalue weighted by atomic mass is 10.0. The van der Waals surface area contributed by atoms with Gasteiger partial charge in [-0.1, -0.05) is 394 Å². The second-order valence-electron chi connectivity index (χ2n) is 30.3. The Hall–Kier alpha value is -1.94. The SMILES string of the molecule is CCCCCCCCCCCCCCCCCCCCCC(=O)O[C@H](COC(=O)CCCCCCCCCCCCCCCCCC(C)C)COP(=O)(O)OC[C@@H](O)COP(=O)(O)OC[C@@H](COC(=O)CCCCCCCCCC)OC(=O)CCCCCCCCCCCCCCCCCCC. The quantitative estimate of drug-likeness (QED) is 0.0222. The number of hydrogen-bond donors (Lipinski definition) is 3. The zero-order valence-electron chi connectivity index (χ0n) is 66.8. The molecule has 5 atom stereocenters. The van der Waals surface area contributed by atoms with Crippen molar-refractivity contribution in [2.24, 2.45) is 5.92 Å². The van der Waals surface area contributed by atoms with Crippen molar-refractivity contribution >= 4 is 39.5 Å². The highest BCUT2D eigenvalue weighted by Gasteiger charge is 2.30. The summed E-state index contributed by atoms with van der Waals surface area (Å²) >= 11 is 0. The predicted octanol–water partition coefficient (Wildman–Crippen LogP) is 25.2. The van der Waals surface area contributed by atoms with Gasteiger partial charge in [-0.15, -0.1) is 0 Å². The Morgan fingerprint density at radius 3 is 0.667 bits per heavy atom. The standard InChI is InChI=1S/C83H162O17P2/c1-6-9-12-15-18-21-23-25-27-29-30-32-36-41-45-49-54-59-64-69-83(88)100-79(73-94-81(86)67-62-57-52-47-43-39-37-33-34-38-42-46-50-55-60-65-76(4)5)75-98-102(91,92)96-71-77(84)70-95-101(89,90)97-74-78(72-93-80(85)66-61-56-51-20-17-14-11-8-3)99-82(87)68-63-58-53-48-44-40-35-31-28-26-24-22-19-16-13-10-7-2/h76-79,84H,6-75H2,1-5H3,(H,89,90)(H,91,92)/t77-,78+,79+/m0/s1. The van der Waals surface area contributed by atoms with Crippen LogP contribution >= 0.6 is 15.6 Å². The molecule has 0 aromatic heterocycles. The molecule has 0 saturated carbocycles. The van der Waals surface area contributed by atoms with Crippen molar-refractivity contribution in [1.82, 2.24) is 0 Å². The molecule has 0 fully saturated rings. The van der Waals surface area contributed by atoms with Gasteiger partial charge >= 0.3 is 39.5 Å². The number of aliphatic hydroxyl groups excluding tert-OH is 1. The fourth-order valence-corrected chi connectivity index (χ4v) is 14.5. The van der Waals surface area contributed by atoms with Crippen molar-refractivity contribution in [3.8, 4) is 0 Å². The molecule has 17 nitrogen and oxygen atoms in total. The normalized spacial score (nSPS) is 13.8. The first kappa shape index (κ1) is 100. The molecule has 0 aliphatic carbocycles. The number of hydrogen-bond acceptors (Lipinski definition) is 15. The maximum Gasteiger partial charge on any atom is 0.472 e. The number of phosphoric acid groups is 2. The van der Waals surface area contributed by atoms with Crippen molar-refractivity contribution in [2.45, 2.75) is 464 Å². The van der Waals surface area contributed by atoms with E-state index in [9.17, 15) is 43.2 Å². The van der Waals surface area contributed by atoms with Crippen molar-refractivity contribution in [3.05, 3.63) is 0 Å². The number of ether oxygens (including phenoxy) is 4. The lowest BCUT2D eigenvalue weighted by Gasteiger charge is -2.21. The second kappa shape index (κ2) is 75.9. The highest BCUT2D eigenvalue weighted by molar-refractivity contribution is 7.47. The third-order valence-corrected chi connectivity index (χ3v) is 21.4. The smallest absolute Gasteiger partial charge is 0.462 e. The van der Waals surface area contributed by atoms with Gasteiger partial charge in [0.25, 0.3) is 0 Å². The van der Waals surface area contributed by atoms with Crippen LogP contribution in [0.3, 0.4) is 0 Å². The summed E-state index contributed by atoms with van der Waals surface area (Å²) in [5, 5.41) is 10.6. The number of carbonyl (C=O) groups is 4. The van der Waals surface area contributed by atoms with Crippen LogP contribution in [0.25, 0.3) is 0 Å². The number of carbonyl (C=O) groups excluding carboxylic acids is 4. The third kappa shape index (κ3) is 76.3. The molecule has 0 aromatic carbocycles. The predicted molar refractivity (Wildman–Crippen MR) is 418 cm³/mol. The summed E-state index contributed by atoms with van der Waals surface area (Å²) in [6.45, 7) is 7.35. The van der Waals surface area contributed by atoms with Crippen LogP contribution in [-0.4, -0.2) is 96.7 Å². The van der Waals surface area contributed by atoms with Gasteiger partial charge in [0.1, 0.15) is 19.3 Å². The van der Waals surface area contributed by atoms with Crippen molar-refractivity contribution in [2.75, 3.05) is 39.6 Å². The van der Waals surface area contributed by atoms with E-state index >= 15 is 0 Å². The molecule has 102 heavy (non-hydrogen) atoms. The molecule has 19 heteroatoms. The average Bonchev–Trinajstić information content (AvgIpc) is 0.909. The first-order valence-corrected chi connectivity index (χ1v) is 46.1. The van der Waals surface area contributed by atoms with E-state index < -0.39 is 97.5 Å². The fraction of sp³-hybridized carbons (Fsp3) is 0.952. The third-order valence-electron chi connectivity index (χ3n) is 19.5. The molecule has 0 rings (SSSR count). The molecule has 0 amide bonds. The highest BCUT2D eigenvalue weighted by Crippen LogP contribution is 2.45. The van der Waals surface area contributed by atoms with Crippen LogP contribution in [0.1, 0.15) is 446 Å². The van der Waals surface area contributed by atoms with Gasteiger partial charge in [-0.05, 0) is 31.6 Å². The Bertz CT molecular complexity index is 1940. The Morgan fingerprint density at radius 1 is 0.265 bits per heavy atom. The molecular weight excluding hydrogens is 1330 g/mol. The molecule has 3 N–H and O–H groups in total. The minimum absolute atomic E-state index is 0.109. The largest absolute Gasteiger partial charge is 0.472 e. The summed E-state index contributed by atoms with van der Waals surface area (Å²) < 4.78 is 68.7. The number of unbranched alkanes of at least 4 members (excludes halogenated alkanes) is 55. The van der Waals surface area contributed by atoms with Gasteiger partial charge in [-0.2, -0.15) is 0 Å². The Kier molecular flexibility index (Phi) is 74.4. The van der Waals surface area contributed by atoms with Gasteiger partial charge < -0.3 is 33.8 Å². The van der Waals surface area contributed by atoms with Crippen molar-refractivity contribution in [3.63, 3.8) is 0 Å². The first-order valence-electron chi connectivity index (χ1n) is 43.1. The summed E-state index contributed by atoms with van der Waals surface area (Å²) in [5.41, 5.74) is 0. The number of esters is 4. The molecule has 0 bridgehead atoms. The number of phosphoric ester groups is 2. The van der Waals surface area contributed by atoms with E-state index in [1.807, 2.05) is 0 Å². The Morgan fingerprint density at radius 2 is 0.451 bits per heavy atom. The van der Waals surface area contributed by atoms with Crippen LogP contribution in [0.2, 0.25) is 0 Å². The van der Waals surface area contributed by atoms with E-state index in [4.69, 9.17) is 37.0 Å². The van der Waals surface area contributed by atoms with Gasteiger partial charge in [0, 0.05) is 25.7 Å². The van der Waals surface area contributed by atoms with Crippen LogP contribution in [0, 0.1) is 5.92 Å². The monoisotopic (exact) mass is 1490 g/mol. The summed E-state index contributed by atoms with van der Waals surface area (Å²) in [7, 11) is -9.92. The molecule has 0 saturated heterocycles. The molecule has 0 heterocycles. The summed E-state index contributed by atoms with van der Waals surface area (Å²) in [6, 6.07) is 0. The van der Waals surface area contributed by atoms with E-state index in [0.717, 1.165) is 95.8 Å². The Labute approximate surface area is 626 Å². The summed E-state index contributed by atoms with van der Waals surface area (Å²) in [6.07, 6.45) is 68.1. The maximum atomic E-state index is 13.1. The number of aliphatic hydroxyl groups is 1. The van der Waals surface area contributed by atoms with Crippen LogP contribution in [-0.2, 0) is 65.4 Å². The molecule has 606 valence electrons. The first-order chi connectivity index (χ1) is 49.5. The minimum Gasteiger partial charge on any atom is -0.462 e. The molecule has 0 spiro atoms. The number of rotatable bonds is 83. The average molecular weight is 1490 g/mol. The zero-order chi connectivity index (χ0) is 74.8. The molecule has 0 aliphatic rings. The maximum absolute atomic E-state index is 13.1. The van der Waals surface area contributed by atoms with E-state index in [1.54, 1.807) is 0 Å². The fourth-order valence-electron chi connectivity index (χ4n) is 12.9. The minimum atomic E-state index is -4.96. The molecule has 0 aromatic rings. The molecule has 0 radical (unpaired) electrons. The topological polar surface area (TPSA) is 237 Å². The van der Waals surface area contributed by atoms with Crippen LogP contribution in [0.4, 0.5) is 0 Å².